The average molecular weight is 457 g/mol. The van der Waals surface area contributed by atoms with Gasteiger partial charge >= 0.3 is 0 Å². The Bertz CT molecular complexity index is 1000. The van der Waals surface area contributed by atoms with Gasteiger partial charge in [-0.2, -0.15) is 4.31 Å². The lowest BCUT2D eigenvalue weighted by atomic mass is 10.0. The van der Waals surface area contributed by atoms with Gasteiger partial charge in [0, 0.05) is 45.1 Å². The molecular formula is C24H32N4O3S. The molecule has 2 fully saturated rings. The number of likely N-dealkylation sites (tertiary alicyclic amines) is 1. The number of aryl methyl sites for hydroxylation is 1. The average Bonchev–Trinajstić information content (AvgIpc) is 3.07. The van der Waals surface area contributed by atoms with Gasteiger partial charge in [0.15, 0.2) is 0 Å². The molecule has 0 spiro atoms. The van der Waals surface area contributed by atoms with Gasteiger partial charge in [0.05, 0.1) is 17.5 Å². The molecule has 3 heterocycles. The van der Waals surface area contributed by atoms with Crippen LogP contribution in [0.1, 0.15) is 42.9 Å². The van der Waals surface area contributed by atoms with E-state index in [1.807, 2.05) is 36.1 Å². The number of sulfonamides is 1. The highest BCUT2D eigenvalue weighted by Gasteiger charge is 2.31. The standard InChI is InChI=1S/C24H32N4O3S/c1-20-6-8-22(9-7-20)32(30,31)27-17-15-26(16-18-27)19-24(29)28-14-4-2-3-5-23(28)21-10-12-25-13-11-21/h6-13,23H,2-5,14-19H2,1H3. The summed E-state index contributed by atoms with van der Waals surface area (Å²) < 4.78 is 27.4. The summed E-state index contributed by atoms with van der Waals surface area (Å²) in [6.07, 6.45) is 7.83. The van der Waals surface area contributed by atoms with E-state index in [9.17, 15) is 13.2 Å². The van der Waals surface area contributed by atoms with Crippen LogP contribution in [0.4, 0.5) is 0 Å². The van der Waals surface area contributed by atoms with E-state index in [4.69, 9.17) is 0 Å². The highest BCUT2D eigenvalue weighted by Crippen LogP contribution is 2.30. The number of rotatable bonds is 5. The Morgan fingerprint density at radius 2 is 1.62 bits per heavy atom. The highest BCUT2D eigenvalue weighted by atomic mass is 32.2. The fraction of sp³-hybridized carbons (Fsp3) is 0.500. The van der Waals surface area contributed by atoms with E-state index in [-0.39, 0.29) is 11.9 Å². The first-order valence-corrected chi connectivity index (χ1v) is 12.9. The molecule has 172 valence electrons. The topological polar surface area (TPSA) is 73.8 Å². The molecule has 2 aliphatic rings. The molecule has 32 heavy (non-hydrogen) atoms. The van der Waals surface area contributed by atoms with Crippen LogP contribution >= 0.6 is 0 Å². The zero-order chi connectivity index (χ0) is 22.6. The lowest BCUT2D eigenvalue weighted by Gasteiger charge is -2.36. The van der Waals surface area contributed by atoms with Crippen LogP contribution in [0.25, 0.3) is 0 Å². The number of carbonyl (C=O) groups excluding carboxylic acids is 1. The summed E-state index contributed by atoms with van der Waals surface area (Å²) in [5, 5.41) is 0. The van der Waals surface area contributed by atoms with E-state index in [0.29, 0.717) is 37.6 Å². The van der Waals surface area contributed by atoms with Gasteiger partial charge in [-0.25, -0.2) is 8.42 Å². The summed E-state index contributed by atoms with van der Waals surface area (Å²) in [5.41, 5.74) is 2.18. The Balaban J connectivity index is 1.38. The summed E-state index contributed by atoms with van der Waals surface area (Å²) in [7, 11) is -3.50. The van der Waals surface area contributed by atoms with Crippen LogP contribution in [0, 0.1) is 6.92 Å². The van der Waals surface area contributed by atoms with Crippen molar-refractivity contribution in [2.24, 2.45) is 0 Å². The van der Waals surface area contributed by atoms with Gasteiger partial charge in [-0.05, 0) is 49.6 Å². The third-order valence-corrected chi connectivity index (χ3v) is 8.43. The SMILES string of the molecule is Cc1ccc(S(=O)(=O)N2CCN(CC(=O)N3CCCCCC3c3ccncc3)CC2)cc1. The van der Waals surface area contributed by atoms with Gasteiger partial charge < -0.3 is 4.90 Å². The predicted octanol–water partition coefficient (Wildman–Crippen LogP) is 2.84. The first-order chi connectivity index (χ1) is 15.4. The minimum Gasteiger partial charge on any atom is -0.335 e. The van der Waals surface area contributed by atoms with Crippen molar-refractivity contribution in [3.05, 3.63) is 59.9 Å². The smallest absolute Gasteiger partial charge is 0.243 e. The summed E-state index contributed by atoms with van der Waals surface area (Å²) in [6.45, 7) is 4.97. The van der Waals surface area contributed by atoms with Crippen molar-refractivity contribution in [3.63, 3.8) is 0 Å². The molecule has 1 aromatic heterocycles. The summed E-state index contributed by atoms with van der Waals surface area (Å²) >= 11 is 0. The quantitative estimate of drug-likeness (QED) is 0.692. The Morgan fingerprint density at radius 1 is 0.938 bits per heavy atom. The molecule has 0 aliphatic carbocycles. The molecule has 0 saturated carbocycles. The Kier molecular flexibility index (Phi) is 7.23. The van der Waals surface area contributed by atoms with Crippen molar-refractivity contribution in [3.8, 4) is 0 Å². The molecule has 7 nitrogen and oxygen atoms in total. The molecule has 0 bridgehead atoms. The van der Waals surface area contributed by atoms with Gasteiger partial charge in [0.2, 0.25) is 15.9 Å². The Morgan fingerprint density at radius 3 is 2.31 bits per heavy atom. The number of carbonyl (C=O) groups is 1. The maximum atomic E-state index is 13.3. The second kappa shape index (κ2) is 10.1. The summed E-state index contributed by atoms with van der Waals surface area (Å²) in [5.74, 6) is 0.128. The highest BCUT2D eigenvalue weighted by molar-refractivity contribution is 7.89. The van der Waals surface area contributed by atoms with Crippen molar-refractivity contribution >= 4 is 15.9 Å². The number of hydrogen-bond donors (Lipinski definition) is 0. The van der Waals surface area contributed by atoms with Gasteiger partial charge in [-0.15, -0.1) is 0 Å². The van der Waals surface area contributed by atoms with Crippen molar-refractivity contribution in [1.29, 1.82) is 0 Å². The molecule has 1 aromatic carbocycles. The first kappa shape index (κ1) is 22.9. The normalized spacial score (nSPS) is 21.3. The summed E-state index contributed by atoms with van der Waals surface area (Å²) in [4.78, 5) is 21.8. The largest absolute Gasteiger partial charge is 0.335 e. The molecule has 1 unspecified atom stereocenters. The molecule has 8 heteroatoms. The van der Waals surface area contributed by atoms with Gasteiger partial charge in [-0.1, -0.05) is 30.5 Å². The summed E-state index contributed by atoms with van der Waals surface area (Å²) in [6, 6.07) is 11.1. The number of aromatic nitrogens is 1. The zero-order valence-electron chi connectivity index (χ0n) is 18.7. The molecule has 1 atom stereocenters. The maximum absolute atomic E-state index is 13.3. The number of piperazine rings is 1. The molecule has 4 rings (SSSR count). The minimum absolute atomic E-state index is 0.0937. The predicted molar refractivity (Wildman–Crippen MR) is 124 cm³/mol. The fourth-order valence-corrected chi connectivity index (χ4v) is 6.03. The third kappa shape index (κ3) is 5.19. The first-order valence-electron chi connectivity index (χ1n) is 11.4. The molecule has 2 saturated heterocycles. The van der Waals surface area contributed by atoms with Crippen molar-refractivity contribution in [1.82, 2.24) is 19.1 Å². The van der Waals surface area contributed by atoms with Crippen molar-refractivity contribution < 1.29 is 13.2 Å². The molecule has 2 aliphatic heterocycles. The van der Waals surface area contributed by atoms with Crippen molar-refractivity contribution in [2.45, 2.75) is 43.5 Å². The van der Waals surface area contributed by atoms with Crippen LogP contribution in [-0.2, 0) is 14.8 Å². The second-order valence-corrected chi connectivity index (χ2v) is 10.7. The lowest BCUT2D eigenvalue weighted by Crippen LogP contribution is -2.51. The monoisotopic (exact) mass is 456 g/mol. The number of benzene rings is 1. The van der Waals surface area contributed by atoms with Crippen LogP contribution in [0.3, 0.4) is 0 Å². The number of hydrogen-bond acceptors (Lipinski definition) is 5. The molecule has 0 N–H and O–H groups in total. The van der Waals surface area contributed by atoms with E-state index in [2.05, 4.69) is 9.88 Å². The van der Waals surface area contributed by atoms with E-state index >= 15 is 0 Å². The second-order valence-electron chi connectivity index (χ2n) is 8.73. The Hall–Kier alpha value is -2.29. The molecule has 0 radical (unpaired) electrons. The van der Waals surface area contributed by atoms with Crippen molar-refractivity contribution in [2.75, 3.05) is 39.3 Å². The molecule has 1 amide bonds. The van der Waals surface area contributed by atoms with Crippen LogP contribution in [0.15, 0.2) is 53.7 Å². The number of nitrogens with zero attached hydrogens (tertiary/aromatic N) is 4. The van der Waals surface area contributed by atoms with Gasteiger partial charge in [-0.3, -0.25) is 14.7 Å². The molecular weight excluding hydrogens is 424 g/mol. The zero-order valence-corrected chi connectivity index (χ0v) is 19.5. The molecule has 2 aromatic rings. The van der Waals surface area contributed by atoms with E-state index in [1.165, 1.54) is 4.31 Å². The van der Waals surface area contributed by atoms with E-state index < -0.39 is 10.0 Å². The van der Waals surface area contributed by atoms with Gasteiger partial charge in [0.25, 0.3) is 0 Å². The number of pyridine rings is 1. The van der Waals surface area contributed by atoms with Crippen LogP contribution in [-0.4, -0.2) is 72.7 Å². The van der Waals surface area contributed by atoms with Gasteiger partial charge in [0.1, 0.15) is 0 Å². The van der Waals surface area contributed by atoms with E-state index in [1.54, 1.807) is 24.5 Å². The number of amides is 1. The minimum atomic E-state index is -3.50. The third-order valence-electron chi connectivity index (χ3n) is 6.51. The maximum Gasteiger partial charge on any atom is 0.243 e. The van der Waals surface area contributed by atoms with Crippen LogP contribution < -0.4 is 0 Å². The fourth-order valence-electron chi connectivity index (χ4n) is 4.61. The lowest BCUT2D eigenvalue weighted by molar-refractivity contribution is -0.135. The Labute approximate surface area is 191 Å². The van der Waals surface area contributed by atoms with Crippen LogP contribution in [0.2, 0.25) is 0 Å². The van der Waals surface area contributed by atoms with E-state index in [0.717, 1.165) is 43.4 Å². The van der Waals surface area contributed by atoms with Crippen LogP contribution in [0.5, 0.6) is 0 Å².